The molecule has 174 valence electrons. The van der Waals surface area contributed by atoms with Crippen molar-refractivity contribution in [1.82, 2.24) is 9.78 Å². The number of nitrogens with zero attached hydrogens (tertiary/aromatic N) is 2. The highest BCUT2D eigenvalue weighted by Gasteiger charge is 2.43. The van der Waals surface area contributed by atoms with Crippen LogP contribution in [0.15, 0.2) is 78.2 Å². The highest BCUT2D eigenvalue weighted by molar-refractivity contribution is 6.32. The first-order valence-electron chi connectivity index (χ1n) is 10.6. The van der Waals surface area contributed by atoms with Crippen LogP contribution in [-0.2, 0) is 21.6 Å². The van der Waals surface area contributed by atoms with Crippen molar-refractivity contribution in [3.63, 3.8) is 0 Å². The SMILES string of the molecule is CC1=C(C(=O)O)CC(C(=O)O)(c2cccc(C)c2COc2ccc(-n3cccn3)c(Cl)c2)C=C1. The van der Waals surface area contributed by atoms with Crippen LogP contribution < -0.4 is 4.74 Å². The van der Waals surface area contributed by atoms with E-state index in [1.54, 1.807) is 72.5 Å². The topological polar surface area (TPSA) is 102 Å². The molecule has 4 rings (SSSR count). The maximum Gasteiger partial charge on any atom is 0.331 e. The Morgan fingerprint density at radius 3 is 2.62 bits per heavy atom. The molecule has 1 aromatic heterocycles. The Morgan fingerprint density at radius 1 is 1.18 bits per heavy atom. The summed E-state index contributed by atoms with van der Waals surface area (Å²) in [7, 11) is 0. The largest absolute Gasteiger partial charge is 0.489 e. The number of carbonyl (C=O) groups is 2. The van der Waals surface area contributed by atoms with E-state index in [9.17, 15) is 19.8 Å². The smallest absolute Gasteiger partial charge is 0.331 e. The number of aryl methyl sites for hydroxylation is 1. The maximum atomic E-state index is 12.6. The molecule has 8 heteroatoms. The van der Waals surface area contributed by atoms with E-state index >= 15 is 0 Å². The lowest BCUT2D eigenvalue weighted by atomic mass is 9.69. The second-order valence-electron chi connectivity index (χ2n) is 8.21. The van der Waals surface area contributed by atoms with Crippen LogP contribution in [0.1, 0.15) is 30.0 Å². The summed E-state index contributed by atoms with van der Waals surface area (Å²) in [6.07, 6.45) is 6.44. The Kier molecular flexibility index (Phi) is 6.30. The summed E-state index contributed by atoms with van der Waals surface area (Å²) in [5, 5.41) is 24.5. The Morgan fingerprint density at radius 2 is 1.97 bits per heavy atom. The van der Waals surface area contributed by atoms with E-state index in [0.29, 0.717) is 33.2 Å². The van der Waals surface area contributed by atoms with Crippen molar-refractivity contribution in [2.75, 3.05) is 0 Å². The van der Waals surface area contributed by atoms with Gasteiger partial charge < -0.3 is 14.9 Å². The minimum Gasteiger partial charge on any atom is -0.489 e. The molecule has 1 aliphatic rings. The third kappa shape index (κ3) is 4.22. The van der Waals surface area contributed by atoms with Crippen molar-refractivity contribution in [3.8, 4) is 11.4 Å². The van der Waals surface area contributed by atoms with E-state index in [2.05, 4.69) is 5.10 Å². The number of carboxylic acids is 2. The number of hydrogen-bond donors (Lipinski definition) is 2. The molecule has 1 aliphatic carbocycles. The molecular weight excluding hydrogens is 456 g/mol. The summed E-state index contributed by atoms with van der Waals surface area (Å²) in [5.41, 5.74) is 1.85. The van der Waals surface area contributed by atoms with E-state index in [4.69, 9.17) is 16.3 Å². The first-order valence-corrected chi connectivity index (χ1v) is 11.0. The number of allylic oxidation sites excluding steroid dienone is 2. The van der Waals surface area contributed by atoms with Gasteiger partial charge in [-0.1, -0.05) is 42.0 Å². The molecule has 1 unspecified atom stereocenters. The molecule has 2 aromatic carbocycles. The monoisotopic (exact) mass is 478 g/mol. The van der Waals surface area contributed by atoms with Gasteiger partial charge in [-0.05, 0) is 54.3 Å². The third-order valence-corrected chi connectivity index (χ3v) is 6.44. The van der Waals surface area contributed by atoms with E-state index in [1.807, 2.05) is 13.0 Å². The molecule has 7 nitrogen and oxygen atoms in total. The van der Waals surface area contributed by atoms with Gasteiger partial charge in [0.1, 0.15) is 17.8 Å². The lowest BCUT2D eigenvalue weighted by Gasteiger charge is -2.32. The minimum absolute atomic E-state index is 0.0827. The molecule has 0 aliphatic heterocycles. The van der Waals surface area contributed by atoms with Gasteiger partial charge in [0.2, 0.25) is 0 Å². The average molecular weight is 479 g/mol. The van der Waals surface area contributed by atoms with Crippen LogP contribution in [0.4, 0.5) is 0 Å². The molecule has 2 N–H and O–H groups in total. The van der Waals surface area contributed by atoms with E-state index in [0.717, 1.165) is 5.56 Å². The molecule has 1 atom stereocenters. The predicted molar refractivity (Wildman–Crippen MR) is 127 cm³/mol. The number of aliphatic carboxylic acids is 2. The summed E-state index contributed by atoms with van der Waals surface area (Å²) in [6.45, 7) is 3.63. The van der Waals surface area contributed by atoms with Crippen LogP contribution in [0.25, 0.3) is 5.69 Å². The van der Waals surface area contributed by atoms with Crippen LogP contribution in [0, 0.1) is 6.92 Å². The quantitative estimate of drug-likeness (QED) is 0.490. The van der Waals surface area contributed by atoms with Crippen LogP contribution in [0.2, 0.25) is 5.02 Å². The average Bonchev–Trinajstić information content (AvgIpc) is 3.33. The number of benzene rings is 2. The molecule has 0 amide bonds. The van der Waals surface area contributed by atoms with Crippen molar-refractivity contribution in [1.29, 1.82) is 0 Å². The van der Waals surface area contributed by atoms with Crippen LogP contribution in [0.5, 0.6) is 5.75 Å². The van der Waals surface area contributed by atoms with Gasteiger partial charge in [0.15, 0.2) is 0 Å². The standard InChI is InChI=1S/C26H23ClN2O5/c1-16-5-3-6-21(26(25(32)33)10-9-17(2)19(14-26)24(30)31)20(16)15-34-18-7-8-23(22(27)13-18)29-12-4-11-28-29/h3-13H,14-15H2,1-2H3,(H,30,31)(H,32,33). The zero-order valence-corrected chi connectivity index (χ0v) is 19.4. The zero-order valence-electron chi connectivity index (χ0n) is 18.7. The number of carboxylic acid groups (broad SMARTS) is 2. The fraction of sp³-hybridized carbons (Fsp3) is 0.192. The van der Waals surface area contributed by atoms with Gasteiger partial charge in [-0.3, -0.25) is 4.79 Å². The zero-order chi connectivity index (χ0) is 24.5. The van der Waals surface area contributed by atoms with Crippen molar-refractivity contribution in [2.24, 2.45) is 0 Å². The Labute approximate surface area is 201 Å². The lowest BCUT2D eigenvalue weighted by molar-refractivity contribution is -0.142. The lowest BCUT2D eigenvalue weighted by Crippen LogP contribution is -2.38. The summed E-state index contributed by atoms with van der Waals surface area (Å²) in [6, 6.07) is 12.4. The number of halogens is 1. The van der Waals surface area contributed by atoms with Gasteiger partial charge in [0.05, 0.1) is 10.7 Å². The number of hydrogen-bond acceptors (Lipinski definition) is 4. The Bertz CT molecular complexity index is 1330. The number of aromatic nitrogens is 2. The first-order chi connectivity index (χ1) is 16.2. The molecule has 3 aromatic rings. The van der Waals surface area contributed by atoms with Crippen LogP contribution in [0.3, 0.4) is 0 Å². The summed E-state index contributed by atoms with van der Waals surface area (Å²) in [4.78, 5) is 24.3. The molecular formula is C26H23ClN2O5. The summed E-state index contributed by atoms with van der Waals surface area (Å²) in [5.74, 6) is -1.72. The van der Waals surface area contributed by atoms with Gasteiger partial charge in [0.25, 0.3) is 0 Å². The maximum absolute atomic E-state index is 12.6. The third-order valence-electron chi connectivity index (χ3n) is 6.13. The Hall–Kier alpha value is -3.84. The van der Waals surface area contributed by atoms with Gasteiger partial charge in [0, 0.05) is 30.5 Å². The van der Waals surface area contributed by atoms with Gasteiger partial charge >= 0.3 is 11.9 Å². The second kappa shape index (κ2) is 9.19. The van der Waals surface area contributed by atoms with E-state index in [-0.39, 0.29) is 18.6 Å². The van der Waals surface area contributed by atoms with Gasteiger partial charge in [-0.2, -0.15) is 5.10 Å². The van der Waals surface area contributed by atoms with Crippen molar-refractivity contribution >= 4 is 23.5 Å². The fourth-order valence-corrected chi connectivity index (χ4v) is 4.44. The predicted octanol–water partition coefficient (Wildman–Crippen LogP) is 5.10. The van der Waals surface area contributed by atoms with Crippen LogP contribution in [-0.4, -0.2) is 31.9 Å². The molecule has 34 heavy (non-hydrogen) atoms. The summed E-state index contributed by atoms with van der Waals surface area (Å²) >= 11 is 6.42. The van der Waals surface area contributed by atoms with Crippen LogP contribution >= 0.6 is 11.6 Å². The van der Waals surface area contributed by atoms with E-state index < -0.39 is 17.4 Å². The Balaban J connectivity index is 1.68. The molecule has 0 bridgehead atoms. The molecule has 1 heterocycles. The van der Waals surface area contributed by atoms with Crippen molar-refractivity contribution in [3.05, 3.63) is 99.9 Å². The molecule has 0 saturated carbocycles. The molecule has 0 fully saturated rings. The molecule has 0 spiro atoms. The normalized spacial score (nSPS) is 17.6. The number of ether oxygens (including phenoxy) is 1. The minimum atomic E-state index is -1.51. The van der Waals surface area contributed by atoms with Gasteiger partial charge in [-0.15, -0.1) is 0 Å². The van der Waals surface area contributed by atoms with Crippen molar-refractivity contribution in [2.45, 2.75) is 32.3 Å². The van der Waals surface area contributed by atoms with Gasteiger partial charge in [-0.25, -0.2) is 9.48 Å². The number of rotatable bonds is 7. The molecule has 0 radical (unpaired) electrons. The van der Waals surface area contributed by atoms with E-state index in [1.165, 1.54) is 0 Å². The fourth-order valence-electron chi connectivity index (χ4n) is 4.18. The first kappa shape index (κ1) is 23.3. The van der Waals surface area contributed by atoms with Crippen molar-refractivity contribution < 1.29 is 24.5 Å². The highest BCUT2D eigenvalue weighted by atomic mass is 35.5. The summed E-state index contributed by atoms with van der Waals surface area (Å²) < 4.78 is 7.66. The second-order valence-corrected chi connectivity index (χ2v) is 8.61. The highest BCUT2D eigenvalue weighted by Crippen LogP contribution is 2.41. The molecule has 0 saturated heterocycles.